The number of benzene rings is 1. The maximum absolute atomic E-state index is 12.3. The van der Waals surface area contributed by atoms with Gasteiger partial charge >= 0.3 is 5.97 Å². The molecule has 0 bridgehead atoms. The van der Waals surface area contributed by atoms with E-state index in [0.29, 0.717) is 12.6 Å². The Morgan fingerprint density at radius 2 is 1.97 bits per heavy atom. The summed E-state index contributed by atoms with van der Waals surface area (Å²) < 4.78 is 2.47. The minimum absolute atomic E-state index is 0. The summed E-state index contributed by atoms with van der Waals surface area (Å²) in [6, 6.07) is 10.1. The van der Waals surface area contributed by atoms with Crippen molar-refractivity contribution in [1.82, 2.24) is 14.5 Å². The molecule has 0 spiro atoms. The Morgan fingerprint density at radius 3 is 2.67 bits per heavy atom. The van der Waals surface area contributed by atoms with E-state index in [1.165, 1.54) is 35.5 Å². The van der Waals surface area contributed by atoms with E-state index in [9.17, 15) is 14.7 Å². The molecule has 7 heteroatoms. The lowest BCUT2D eigenvalue weighted by atomic mass is 10.0. The van der Waals surface area contributed by atoms with Gasteiger partial charge in [-0.3, -0.25) is 9.69 Å². The summed E-state index contributed by atoms with van der Waals surface area (Å²) in [7, 11) is 0. The van der Waals surface area contributed by atoms with Crippen molar-refractivity contribution in [2.24, 2.45) is 0 Å². The van der Waals surface area contributed by atoms with Gasteiger partial charge in [-0.1, -0.05) is 19.1 Å². The first-order chi connectivity index (χ1) is 14.1. The van der Waals surface area contributed by atoms with Gasteiger partial charge in [0.05, 0.1) is 17.4 Å². The number of carboxylic acid groups (broad SMARTS) is 1. The molecular weight excluding hydrogens is 402 g/mol. The highest BCUT2D eigenvalue weighted by Crippen LogP contribution is 2.38. The Hall–Kier alpha value is -2.57. The Balaban J connectivity index is 0.00000218. The average Bonchev–Trinajstić information content (AvgIpc) is 3.43. The molecular formula is C23H26ClN3O3. The highest BCUT2D eigenvalue weighted by Gasteiger charge is 2.30. The van der Waals surface area contributed by atoms with Crippen LogP contribution in [0.4, 0.5) is 0 Å². The molecule has 0 aliphatic carbocycles. The SMILES string of the molecule is CCc1cc(C(=O)O)c(=O)[nH]c1-c1ccc2cc3n(c2c1)C(N1CCCC1)CC3.Cl. The second-order valence-corrected chi connectivity index (χ2v) is 8.11. The van der Waals surface area contributed by atoms with Gasteiger partial charge in [0.2, 0.25) is 0 Å². The van der Waals surface area contributed by atoms with Crippen LogP contribution in [0.2, 0.25) is 0 Å². The van der Waals surface area contributed by atoms with Gasteiger partial charge < -0.3 is 14.7 Å². The molecule has 2 aliphatic rings. The van der Waals surface area contributed by atoms with Crippen LogP contribution in [0.25, 0.3) is 22.2 Å². The summed E-state index contributed by atoms with van der Waals surface area (Å²) in [5.41, 5.74) is 4.29. The number of hydrogen-bond acceptors (Lipinski definition) is 3. The number of halogens is 1. The van der Waals surface area contributed by atoms with Gasteiger partial charge in [0, 0.05) is 24.3 Å². The van der Waals surface area contributed by atoms with Gasteiger partial charge in [0.25, 0.3) is 5.56 Å². The number of H-pyrrole nitrogens is 1. The van der Waals surface area contributed by atoms with Gasteiger partial charge in [-0.05, 0) is 61.3 Å². The number of nitrogens with zero attached hydrogens (tertiary/aromatic N) is 2. The fraction of sp³-hybridized carbons (Fsp3) is 0.391. The Labute approximate surface area is 180 Å². The smallest absolute Gasteiger partial charge is 0.341 e. The number of fused-ring (bicyclic) bond motifs is 3. The first-order valence-corrected chi connectivity index (χ1v) is 10.4. The summed E-state index contributed by atoms with van der Waals surface area (Å²) in [5.74, 6) is -1.19. The third-order valence-corrected chi connectivity index (χ3v) is 6.46. The molecule has 2 N–H and O–H groups in total. The number of rotatable bonds is 4. The maximum Gasteiger partial charge on any atom is 0.341 e. The summed E-state index contributed by atoms with van der Waals surface area (Å²) >= 11 is 0. The second-order valence-electron chi connectivity index (χ2n) is 8.11. The van der Waals surface area contributed by atoms with Gasteiger partial charge in [0.1, 0.15) is 5.56 Å². The van der Waals surface area contributed by atoms with Crippen LogP contribution in [0.5, 0.6) is 0 Å². The Kier molecular flexibility index (Phi) is 5.47. The molecule has 1 atom stereocenters. The van der Waals surface area contributed by atoms with E-state index in [1.807, 2.05) is 13.0 Å². The molecule has 0 radical (unpaired) electrons. The van der Waals surface area contributed by atoms with Crippen molar-refractivity contribution in [3.8, 4) is 11.3 Å². The molecule has 1 unspecified atom stereocenters. The summed E-state index contributed by atoms with van der Waals surface area (Å²) in [4.78, 5) is 29.1. The number of aromatic amines is 1. The number of aromatic carboxylic acids is 1. The van der Waals surface area contributed by atoms with E-state index in [-0.39, 0.29) is 18.0 Å². The van der Waals surface area contributed by atoms with E-state index < -0.39 is 11.5 Å². The predicted molar refractivity (Wildman–Crippen MR) is 120 cm³/mol. The number of aryl methyl sites for hydroxylation is 2. The van der Waals surface area contributed by atoms with Crippen LogP contribution in [0, 0.1) is 0 Å². The van der Waals surface area contributed by atoms with Crippen molar-refractivity contribution in [2.75, 3.05) is 13.1 Å². The Bertz CT molecular complexity index is 1170. The number of likely N-dealkylation sites (tertiary alicyclic amines) is 1. The van der Waals surface area contributed by atoms with Gasteiger partial charge in [-0.25, -0.2) is 4.79 Å². The van der Waals surface area contributed by atoms with Crippen molar-refractivity contribution in [2.45, 2.75) is 45.2 Å². The van der Waals surface area contributed by atoms with Crippen LogP contribution in [-0.2, 0) is 12.8 Å². The van der Waals surface area contributed by atoms with Crippen LogP contribution < -0.4 is 5.56 Å². The number of hydrogen-bond donors (Lipinski definition) is 2. The van der Waals surface area contributed by atoms with Crippen molar-refractivity contribution in [1.29, 1.82) is 0 Å². The summed E-state index contributed by atoms with van der Waals surface area (Å²) in [6.07, 6.45) is 5.85. The van der Waals surface area contributed by atoms with Crippen LogP contribution in [0.1, 0.15) is 54.0 Å². The zero-order valence-corrected chi connectivity index (χ0v) is 17.8. The van der Waals surface area contributed by atoms with Crippen molar-refractivity contribution in [3.05, 3.63) is 57.5 Å². The largest absolute Gasteiger partial charge is 0.477 e. The standard InChI is InChI=1S/C23H25N3O3.ClH/c1-2-14-12-18(23(28)29)22(27)24-21(14)16-6-5-15-11-17-7-8-20(25-9-3-4-10-25)26(17)19(15)13-16;/h5-6,11-13,20H,2-4,7-10H2,1H3,(H,24,27)(H,28,29);1H. The first-order valence-electron chi connectivity index (χ1n) is 10.4. The van der Waals surface area contributed by atoms with E-state index >= 15 is 0 Å². The normalized spacial score (nSPS) is 18.5. The maximum atomic E-state index is 12.3. The van der Waals surface area contributed by atoms with Crippen molar-refractivity contribution >= 4 is 29.3 Å². The summed E-state index contributed by atoms with van der Waals surface area (Å²) in [5, 5.41) is 10.5. The molecule has 0 saturated carbocycles. The van der Waals surface area contributed by atoms with Crippen LogP contribution in [0.3, 0.4) is 0 Å². The van der Waals surface area contributed by atoms with Gasteiger partial charge in [-0.15, -0.1) is 12.4 Å². The third-order valence-electron chi connectivity index (χ3n) is 6.46. The minimum atomic E-state index is -1.19. The lowest BCUT2D eigenvalue weighted by Gasteiger charge is -2.26. The lowest BCUT2D eigenvalue weighted by Crippen LogP contribution is -2.27. The molecule has 5 rings (SSSR count). The molecule has 3 aromatic rings. The Morgan fingerprint density at radius 1 is 1.20 bits per heavy atom. The van der Waals surface area contributed by atoms with Crippen molar-refractivity contribution < 1.29 is 9.90 Å². The fourth-order valence-corrected chi connectivity index (χ4v) is 5.04. The van der Waals surface area contributed by atoms with E-state index in [0.717, 1.165) is 42.8 Å². The monoisotopic (exact) mass is 427 g/mol. The molecule has 1 aromatic carbocycles. The van der Waals surface area contributed by atoms with Crippen molar-refractivity contribution in [3.63, 3.8) is 0 Å². The van der Waals surface area contributed by atoms with E-state index in [4.69, 9.17) is 0 Å². The quantitative estimate of drug-likeness (QED) is 0.653. The number of pyridine rings is 1. The number of nitrogens with one attached hydrogen (secondary N) is 1. The average molecular weight is 428 g/mol. The number of carboxylic acids is 1. The minimum Gasteiger partial charge on any atom is -0.477 e. The highest BCUT2D eigenvalue weighted by molar-refractivity contribution is 5.89. The molecule has 4 heterocycles. The molecule has 6 nitrogen and oxygen atoms in total. The molecule has 1 fully saturated rings. The van der Waals surface area contributed by atoms with Crippen LogP contribution in [0.15, 0.2) is 35.1 Å². The molecule has 0 amide bonds. The molecule has 30 heavy (non-hydrogen) atoms. The zero-order chi connectivity index (χ0) is 20.1. The summed E-state index contributed by atoms with van der Waals surface area (Å²) in [6.45, 7) is 4.29. The third kappa shape index (κ3) is 3.24. The molecule has 2 aromatic heterocycles. The molecule has 158 valence electrons. The van der Waals surface area contributed by atoms with E-state index in [2.05, 4.69) is 32.7 Å². The van der Waals surface area contributed by atoms with Gasteiger partial charge in [-0.2, -0.15) is 0 Å². The fourth-order valence-electron chi connectivity index (χ4n) is 5.04. The number of aromatic nitrogens is 2. The highest BCUT2D eigenvalue weighted by atomic mass is 35.5. The lowest BCUT2D eigenvalue weighted by molar-refractivity contribution is 0.0695. The predicted octanol–water partition coefficient (Wildman–Crippen LogP) is 4.22. The topological polar surface area (TPSA) is 78.3 Å². The number of carbonyl (C=O) groups is 1. The second kappa shape index (κ2) is 7.93. The zero-order valence-electron chi connectivity index (χ0n) is 17.0. The molecule has 2 aliphatic heterocycles. The van der Waals surface area contributed by atoms with Crippen LogP contribution in [-0.4, -0.2) is 38.6 Å². The molecule has 1 saturated heterocycles. The van der Waals surface area contributed by atoms with Gasteiger partial charge in [0.15, 0.2) is 0 Å². The first kappa shape index (κ1) is 20.7. The van der Waals surface area contributed by atoms with Crippen LogP contribution >= 0.6 is 12.4 Å². The van der Waals surface area contributed by atoms with E-state index in [1.54, 1.807) is 0 Å².